The Hall–Kier alpha value is -0.870. The number of hydrogen-bond acceptors (Lipinski definition) is 3. The van der Waals surface area contributed by atoms with E-state index in [2.05, 4.69) is 23.8 Å². The number of rotatable bonds is 4. The number of aliphatic hydroxyl groups is 1. The Morgan fingerprint density at radius 2 is 1.89 bits per heavy atom. The molecule has 4 heteroatoms. The van der Waals surface area contributed by atoms with Gasteiger partial charge in [0.1, 0.15) is 0 Å². The molecule has 4 nitrogen and oxygen atoms in total. The zero-order valence-corrected chi connectivity index (χ0v) is 11.8. The Morgan fingerprint density at radius 1 is 1.22 bits per heavy atom. The smallest absolute Gasteiger partial charge is 0.0669 e. The van der Waals surface area contributed by atoms with E-state index in [0.717, 1.165) is 45.3 Å². The number of likely N-dealkylation sites (tertiary alicyclic amines) is 1. The van der Waals surface area contributed by atoms with Crippen LogP contribution >= 0.6 is 0 Å². The minimum absolute atomic E-state index is 0.0913. The summed E-state index contributed by atoms with van der Waals surface area (Å²) in [6, 6.07) is 0. The molecule has 18 heavy (non-hydrogen) atoms. The lowest BCUT2D eigenvalue weighted by Gasteiger charge is -2.29. The number of aryl methyl sites for hydroxylation is 2. The Kier molecular flexibility index (Phi) is 4.40. The van der Waals surface area contributed by atoms with E-state index in [1.54, 1.807) is 0 Å². The average Bonchev–Trinajstić information content (AvgIpc) is 2.67. The molecule has 1 fully saturated rings. The van der Waals surface area contributed by atoms with Crippen molar-refractivity contribution in [3.63, 3.8) is 0 Å². The van der Waals surface area contributed by atoms with Crippen LogP contribution in [0.3, 0.4) is 0 Å². The average molecular weight is 251 g/mol. The van der Waals surface area contributed by atoms with Crippen molar-refractivity contribution in [1.29, 1.82) is 0 Å². The van der Waals surface area contributed by atoms with Crippen molar-refractivity contribution in [3.8, 4) is 0 Å². The van der Waals surface area contributed by atoms with Crippen LogP contribution in [0.4, 0.5) is 0 Å². The zero-order valence-electron chi connectivity index (χ0n) is 11.8. The summed E-state index contributed by atoms with van der Waals surface area (Å²) in [4.78, 5) is 2.45. The molecule has 102 valence electrons. The van der Waals surface area contributed by atoms with E-state index in [1.165, 1.54) is 17.0 Å². The summed E-state index contributed by atoms with van der Waals surface area (Å²) in [5, 5.41) is 14.2. The summed E-state index contributed by atoms with van der Waals surface area (Å²) in [7, 11) is 2.04. The molecule has 1 N–H and O–H groups in total. The van der Waals surface area contributed by atoms with Crippen molar-refractivity contribution >= 4 is 0 Å². The highest BCUT2D eigenvalue weighted by Gasteiger charge is 2.21. The number of aromatic nitrogens is 2. The van der Waals surface area contributed by atoms with E-state index in [1.807, 2.05) is 11.7 Å². The first-order chi connectivity index (χ1) is 8.65. The topological polar surface area (TPSA) is 41.3 Å². The molecule has 0 amide bonds. The Balaban J connectivity index is 2.12. The fourth-order valence-corrected chi connectivity index (χ4v) is 2.87. The molecule has 0 aromatic carbocycles. The first-order valence-electron chi connectivity index (χ1n) is 7.09. The third-order valence-electron chi connectivity index (χ3n) is 3.97. The van der Waals surface area contributed by atoms with Gasteiger partial charge >= 0.3 is 0 Å². The predicted octanol–water partition coefficient (Wildman–Crippen LogP) is 1.50. The maximum absolute atomic E-state index is 9.56. The molecule has 1 aliphatic rings. The van der Waals surface area contributed by atoms with Crippen molar-refractivity contribution in [2.45, 2.75) is 52.2 Å². The molecule has 1 aromatic rings. The van der Waals surface area contributed by atoms with Crippen LogP contribution < -0.4 is 0 Å². The lowest BCUT2D eigenvalue weighted by molar-refractivity contribution is 0.0790. The van der Waals surface area contributed by atoms with Gasteiger partial charge < -0.3 is 5.11 Å². The van der Waals surface area contributed by atoms with Crippen molar-refractivity contribution in [2.24, 2.45) is 7.05 Å². The predicted molar refractivity (Wildman–Crippen MR) is 72.5 cm³/mol. The van der Waals surface area contributed by atoms with Gasteiger partial charge in [-0.15, -0.1) is 0 Å². The highest BCUT2D eigenvalue weighted by Crippen LogP contribution is 2.20. The maximum atomic E-state index is 9.56. The van der Waals surface area contributed by atoms with Gasteiger partial charge in [-0.25, -0.2) is 0 Å². The van der Waals surface area contributed by atoms with Crippen LogP contribution in [-0.4, -0.2) is 39.0 Å². The molecular weight excluding hydrogens is 226 g/mol. The van der Waals surface area contributed by atoms with Gasteiger partial charge in [-0.05, 0) is 25.7 Å². The fraction of sp³-hybridized carbons (Fsp3) is 0.786. The molecule has 0 radical (unpaired) electrons. The third kappa shape index (κ3) is 2.75. The van der Waals surface area contributed by atoms with Crippen molar-refractivity contribution in [2.75, 3.05) is 13.1 Å². The molecule has 0 bridgehead atoms. The zero-order chi connectivity index (χ0) is 13.1. The first kappa shape index (κ1) is 13.6. The molecule has 1 saturated heterocycles. The highest BCUT2D eigenvalue weighted by molar-refractivity contribution is 5.26. The summed E-state index contributed by atoms with van der Waals surface area (Å²) in [5.74, 6) is 0. The second-order valence-electron chi connectivity index (χ2n) is 5.21. The Labute approximate surface area is 110 Å². The van der Waals surface area contributed by atoms with Gasteiger partial charge in [0, 0.05) is 37.9 Å². The lowest BCUT2D eigenvalue weighted by atomic mass is 10.0. The summed E-state index contributed by atoms with van der Waals surface area (Å²) in [6.07, 6.45) is 3.76. The number of aliphatic hydroxyl groups excluding tert-OH is 1. The van der Waals surface area contributed by atoms with Crippen LogP contribution in [0.2, 0.25) is 0 Å². The molecule has 2 rings (SSSR count). The second-order valence-corrected chi connectivity index (χ2v) is 5.21. The van der Waals surface area contributed by atoms with Gasteiger partial charge in [0.05, 0.1) is 11.8 Å². The molecule has 0 atom stereocenters. The monoisotopic (exact) mass is 251 g/mol. The molecule has 0 aliphatic carbocycles. The van der Waals surface area contributed by atoms with Crippen molar-refractivity contribution < 1.29 is 5.11 Å². The third-order valence-corrected chi connectivity index (χ3v) is 3.97. The molecule has 2 heterocycles. The standard InChI is InChI=1S/C14H25N3O/c1-4-13-12(14(5-2)16(3)15-13)10-17-8-6-11(18)7-9-17/h11,18H,4-10H2,1-3H3. The van der Waals surface area contributed by atoms with Crippen LogP contribution in [0.5, 0.6) is 0 Å². The number of hydrogen-bond donors (Lipinski definition) is 1. The highest BCUT2D eigenvalue weighted by atomic mass is 16.3. The van der Waals surface area contributed by atoms with Crippen LogP contribution in [0.25, 0.3) is 0 Å². The SMILES string of the molecule is CCc1nn(C)c(CC)c1CN1CCC(O)CC1. The lowest BCUT2D eigenvalue weighted by Crippen LogP contribution is -2.35. The van der Waals surface area contributed by atoms with Gasteiger partial charge in [0.15, 0.2) is 0 Å². The van der Waals surface area contributed by atoms with E-state index in [0.29, 0.717) is 0 Å². The van der Waals surface area contributed by atoms with Crippen LogP contribution in [0.15, 0.2) is 0 Å². The van der Waals surface area contributed by atoms with Gasteiger partial charge in [-0.3, -0.25) is 9.58 Å². The van der Waals surface area contributed by atoms with E-state index in [9.17, 15) is 5.11 Å². The fourth-order valence-electron chi connectivity index (χ4n) is 2.87. The van der Waals surface area contributed by atoms with Gasteiger partial charge in [-0.1, -0.05) is 13.8 Å². The minimum Gasteiger partial charge on any atom is -0.393 e. The summed E-state index contributed by atoms with van der Waals surface area (Å²) < 4.78 is 2.03. The number of nitrogens with zero attached hydrogens (tertiary/aromatic N) is 3. The maximum Gasteiger partial charge on any atom is 0.0669 e. The molecule has 1 aromatic heterocycles. The first-order valence-corrected chi connectivity index (χ1v) is 7.09. The van der Waals surface area contributed by atoms with Gasteiger partial charge in [0.2, 0.25) is 0 Å². The summed E-state index contributed by atoms with van der Waals surface area (Å²) in [6.45, 7) is 7.36. The molecule has 0 saturated carbocycles. The summed E-state index contributed by atoms with van der Waals surface area (Å²) >= 11 is 0. The van der Waals surface area contributed by atoms with Gasteiger partial charge in [0.25, 0.3) is 0 Å². The van der Waals surface area contributed by atoms with E-state index >= 15 is 0 Å². The van der Waals surface area contributed by atoms with Crippen LogP contribution in [-0.2, 0) is 26.4 Å². The Morgan fingerprint density at radius 3 is 2.44 bits per heavy atom. The van der Waals surface area contributed by atoms with Crippen molar-refractivity contribution in [1.82, 2.24) is 14.7 Å². The largest absolute Gasteiger partial charge is 0.393 e. The van der Waals surface area contributed by atoms with E-state index < -0.39 is 0 Å². The Bertz CT molecular complexity index is 392. The second kappa shape index (κ2) is 5.85. The normalized spacial score (nSPS) is 18.4. The minimum atomic E-state index is -0.0913. The summed E-state index contributed by atoms with van der Waals surface area (Å²) in [5.41, 5.74) is 4.01. The van der Waals surface area contributed by atoms with Crippen LogP contribution in [0, 0.1) is 0 Å². The number of piperidine rings is 1. The van der Waals surface area contributed by atoms with Gasteiger partial charge in [-0.2, -0.15) is 5.10 Å². The van der Waals surface area contributed by atoms with Crippen molar-refractivity contribution in [3.05, 3.63) is 17.0 Å². The molecule has 1 aliphatic heterocycles. The van der Waals surface area contributed by atoms with Crippen LogP contribution in [0.1, 0.15) is 43.6 Å². The molecular formula is C14H25N3O. The quantitative estimate of drug-likeness (QED) is 0.882. The molecule has 0 spiro atoms. The molecule has 0 unspecified atom stereocenters. The van der Waals surface area contributed by atoms with E-state index in [4.69, 9.17) is 0 Å². The van der Waals surface area contributed by atoms with E-state index in [-0.39, 0.29) is 6.10 Å².